The van der Waals surface area contributed by atoms with E-state index in [-0.39, 0.29) is 11.4 Å². The Bertz CT molecular complexity index is 669. The topological polar surface area (TPSA) is 62.7 Å². The molecule has 2 aromatic heterocycles. The third kappa shape index (κ3) is 3.41. The zero-order valence-electron chi connectivity index (χ0n) is 12.6. The highest BCUT2D eigenvalue weighted by atomic mass is 32.1. The first-order chi connectivity index (χ1) is 9.85. The van der Waals surface area contributed by atoms with Crippen molar-refractivity contribution in [2.45, 2.75) is 45.7 Å². The predicted molar refractivity (Wildman–Crippen MR) is 87.9 cm³/mol. The normalized spacial score (nSPS) is 13.1. The average Bonchev–Trinajstić information content (AvgIpc) is 3.06. The Kier molecular flexibility index (Phi) is 4.63. The Labute approximate surface area is 133 Å². The Morgan fingerprint density at radius 1 is 1.62 bits per heavy atom. The fourth-order valence-electron chi connectivity index (χ4n) is 1.89. The first kappa shape index (κ1) is 15.9. The summed E-state index contributed by atoms with van der Waals surface area (Å²) in [7, 11) is 0. The minimum atomic E-state index is -0.417. The van der Waals surface area contributed by atoms with E-state index in [2.05, 4.69) is 15.5 Å². The largest absolute Gasteiger partial charge is 0.349 e. The average molecular weight is 324 g/mol. The second-order valence-electron chi connectivity index (χ2n) is 5.60. The first-order valence-electron chi connectivity index (χ1n) is 6.88. The molecule has 0 bridgehead atoms. The molecule has 0 spiro atoms. The van der Waals surface area contributed by atoms with Crippen LogP contribution in [0, 0.1) is 4.77 Å². The molecule has 1 amide bonds. The van der Waals surface area contributed by atoms with Crippen molar-refractivity contribution in [2.75, 3.05) is 0 Å². The highest BCUT2D eigenvalue weighted by Gasteiger charge is 2.25. The zero-order chi connectivity index (χ0) is 15.6. The van der Waals surface area contributed by atoms with Gasteiger partial charge in [-0.25, -0.2) is 0 Å². The van der Waals surface area contributed by atoms with E-state index in [4.69, 9.17) is 12.2 Å². The quantitative estimate of drug-likeness (QED) is 0.827. The van der Waals surface area contributed by atoms with Crippen molar-refractivity contribution < 1.29 is 4.79 Å². The van der Waals surface area contributed by atoms with Gasteiger partial charge in [0.1, 0.15) is 6.04 Å². The van der Waals surface area contributed by atoms with Gasteiger partial charge >= 0.3 is 0 Å². The second-order valence-corrected chi connectivity index (χ2v) is 6.94. The molecule has 0 aromatic carbocycles. The monoisotopic (exact) mass is 324 g/mol. The minimum absolute atomic E-state index is 0.0582. The van der Waals surface area contributed by atoms with Gasteiger partial charge in [0.05, 0.1) is 4.88 Å². The van der Waals surface area contributed by atoms with Crippen LogP contribution in [-0.4, -0.2) is 26.2 Å². The van der Waals surface area contributed by atoms with Gasteiger partial charge in [-0.15, -0.1) is 11.3 Å². The molecular weight excluding hydrogens is 304 g/mol. The molecule has 2 heterocycles. The van der Waals surface area contributed by atoms with Crippen molar-refractivity contribution in [3.8, 4) is 10.7 Å². The lowest BCUT2D eigenvalue weighted by molar-refractivity contribution is -0.125. The molecule has 0 aliphatic heterocycles. The molecule has 0 aliphatic carbocycles. The lowest BCUT2D eigenvalue weighted by Crippen LogP contribution is -2.45. The Morgan fingerprint density at radius 3 is 2.90 bits per heavy atom. The Hall–Kier alpha value is -1.47. The minimum Gasteiger partial charge on any atom is -0.349 e. The summed E-state index contributed by atoms with van der Waals surface area (Å²) in [5, 5.41) is 12.1. The third-order valence-corrected chi connectivity index (χ3v) is 4.71. The highest BCUT2D eigenvalue weighted by molar-refractivity contribution is 7.71. The molecule has 7 heteroatoms. The lowest BCUT2D eigenvalue weighted by atomic mass is 10.0. The molecule has 21 heavy (non-hydrogen) atoms. The van der Waals surface area contributed by atoms with Crippen LogP contribution in [0.1, 0.15) is 40.2 Å². The number of carbonyl (C=O) groups is 1. The Morgan fingerprint density at radius 2 is 2.33 bits per heavy atom. The van der Waals surface area contributed by atoms with Crippen molar-refractivity contribution in [1.29, 1.82) is 0 Å². The fourth-order valence-corrected chi connectivity index (χ4v) is 2.89. The van der Waals surface area contributed by atoms with E-state index < -0.39 is 6.04 Å². The van der Waals surface area contributed by atoms with E-state index in [1.165, 1.54) is 0 Å². The molecule has 0 fully saturated rings. The zero-order valence-corrected chi connectivity index (χ0v) is 14.3. The van der Waals surface area contributed by atoms with E-state index >= 15 is 0 Å². The SMILES string of the molecule is CCC(C)(C)NC(=O)[C@H](C)n1c(-c2cccs2)n[nH]c1=S. The van der Waals surface area contributed by atoms with Crippen LogP contribution in [0.3, 0.4) is 0 Å². The number of carbonyl (C=O) groups excluding carboxylic acids is 1. The Balaban J connectivity index is 2.32. The maximum atomic E-state index is 12.5. The van der Waals surface area contributed by atoms with Gasteiger partial charge in [-0.2, -0.15) is 5.10 Å². The van der Waals surface area contributed by atoms with Crippen molar-refractivity contribution in [3.63, 3.8) is 0 Å². The second kappa shape index (κ2) is 6.11. The van der Waals surface area contributed by atoms with E-state index in [1.54, 1.807) is 15.9 Å². The van der Waals surface area contributed by atoms with E-state index in [1.807, 2.05) is 45.2 Å². The summed E-state index contributed by atoms with van der Waals surface area (Å²) >= 11 is 6.85. The highest BCUT2D eigenvalue weighted by Crippen LogP contribution is 2.25. The first-order valence-corrected chi connectivity index (χ1v) is 8.17. The molecule has 0 saturated heterocycles. The van der Waals surface area contributed by atoms with Crippen molar-refractivity contribution in [1.82, 2.24) is 20.1 Å². The number of rotatable bonds is 5. The fraction of sp³-hybridized carbons (Fsp3) is 0.500. The van der Waals surface area contributed by atoms with Crippen LogP contribution < -0.4 is 5.32 Å². The van der Waals surface area contributed by atoms with Crippen LogP contribution >= 0.6 is 23.6 Å². The molecule has 114 valence electrons. The number of hydrogen-bond donors (Lipinski definition) is 2. The standard InChI is InChI=1S/C14H20N4OS2/c1-5-14(3,4)15-12(19)9(2)18-11(16-17-13(18)20)10-7-6-8-21-10/h6-9H,5H2,1-4H3,(H,15,19)(H,17,20)/t9-/m0/s1. The number of thiophene rings is 1. The number of aromatic nitrogens is 3. The molecule has 0 aliphatic rings. The van der Waals surface area contributed by atoms with Crippen LogP contribution in [0.25, 0.3) is 10.7 Å². The lowest BCUT2D eigenvalue weighted by Gasteiger charge is -2.27. The molecule has 2 rings (SSSR count). The van der Waals surface area contributed by atoms with E-state index in [0.29, 0.717) is 10.6 Å². The third-order valence-electron chi connectivity index (χ3n) is 3.56. The number of H-pyrrole nitrogens is 1. The van der Waals surface area contributed by atoms with Crippen LogP contribution in [0.2, 0.25) is 0 Å². The number of nitrogens with zero attached hydrogens (tertiary/aromatic N) is 2. The molecule has 0 radical (unpaired) electrons. The van der Waals surface area contributed by atoms with Crippen LogP contribution in [0.4, 0.5) is 0 Å². The van der Waals surface area contributed by atoms with Gasteiger partial charge in [-0.1, -0.05) is 13.0 Å². The van der Waals surface area contributed by atoms with Gasteiger partial charge in [-0.3, -0.25) is 14.5 Å². The van der Waals surface area contributed by atoms with E-state index in [0.717, 1.165) is 11.3 Å². The van der Waals surface area contributed by atoms with Gasteiger partial charge in [0, 0.05) is 5.54 Å². The van der Waals surface area contributed by atoms with Gasteiger partial charge in [0.15, 0.2) is 10.6 Å². The number of nitrogens with one attached hydrogen (secondary N) is 2. The summed E-state index contributed by atoms with van der Waals surface area (Å²) in [6.07, 6.45) is 0.861. The molecular formula is C14H20N4OS2. The summed E-state index contributed by atoms with van der Waals surface area (Å²) in [5.41, 5.74) is -0.236. The molecule has 2 N–H and O–H groups in total. The smallest absolute Gasteiger partial charge is 0.243 e. The van der Waals surface area contributed by atoms with Crippen LogP contribution in [-0.2, 0) is 4.79 Å². The van der Waals surface area contributed by atoms with Crippen LogP contribution in [0.15, 0.2) is 17.5 Å². The molecule has 0 saturated carbocycles. The van der Waals surface area contributed by atoms with Gasteiger partial charge in [-0.05, 0) is 50.9 Å². The predicted octanol–water partition coefficient (Wildman–Crippen LogP) is 3.53. The summed E-state index contributed by atoms with van der Waals surface area (Å²) in [5.74, 6) is 0.643. The van der Waals surface area contributed by atoms with Crippen LogP contribution in [0.5, 0.6) is 0 Å². The van der Waals surface area contributed by atoms with Crippen molar-refractivity contribution >= 4 is 29.5 Å². The summed E-state index contributed by atoms with van der Waals surface area (Å²) < 4.78 is 2.22. The number of hydrogen-bond acceptors (Lipinski definition) is 4. The number of aromatic amines is 1. The maximum Gasteiger partial charge on any atom is 0.243 e. The summed E-state index contributed by atoms with van der Waals surface area (Å²) in [4.78, 5) is 13.5. The summed E-state index contributed by atoms with van der Waals surface area (Å²) in [6.45, 7) is 7.90. The molecule has 1 atom stereocenters. The van der Waals surface area contributed by atoms with Gasteiger partial charge in [0.2, 0.25) is 5.91 Å². The molecule has 0 unspecified atom stereocenters. The number of amides is 1. The summed E-state index contributed by atoms with van der Waals surface area (Å²) in [6, 6.07) is 3.50. The van der Waals surface area contributed by atoms with Gasteiger partial charge < -0.3 is 5.32 Å². The van der Waals surface area contributed by atoms with E-state index in [9.17, 15) is 4.79 Å². The molecule has 5 nitrogen and oxygen atoms in total. The molecule has 2 aromatic rings. The van der Waals surface area contributed by atoms with Crippen molar-refractivity contribution in [2.24, 2.45) is 0 Å². The van der Waals surface area contributed by atoms with Crippen molar-refractivity contribution in [3.05, 3.63) is 22.3 Å². The van der Waals surface area contributed by atoms with Gasteiger partial charge in [0.25, 0.3) is 0 Å². The maximum absolute atomic E-state index is 12.5.